The molecule has 1 aliphatic rings. The summed E-state index contributed by atoms with van der Waals surface area (Å²) in [5, 5.41) is 0. The zero-order valence-electron chi connectivity index (χ0n) is 16.4. The van der Waals surface area contributed by atoms with Crippen molar-refractivity contribution in [2.45, 2.75) is 38.0 Å². The SMILES string of the molecule is COOP(=O)(Cc1ccc(CP(=O)(OOC)OOC)c2c1CCCC2)OOC. The summed E-state index contributed by atoms with van der Waals surface area (Å²) in [6.45, 7) is 0. The quantitative estimate of drug-likeness (QED) is 0.266. The molecule has 160 valence electrons. The molecule has 0 amide bonds. The first-order valence-electron chi connectivity index (χ1n) is 8.60. The van der Waals surface area contributed by atoms with Crippen LogP contribution >= 0.6 is 15.2 Å². The molecule has 0 atom stereocenters. The molecule has 0 saturated heterocycles. The van der Waals surface area contributed by atoms with Crippen molar-refractivity contribution in [2.75, 3.05) is 28.4 Å². The van der Waals surface area contributed by atoms with Gasteiger partial charge in [-0.2, -0.15) is 0 Å². The van der Waals surface area contributed by atoms with Crippen molar-refractivity contribution in [3.8, 4) is 0 Å². The molecule has 0 aromatic heterocycles. The second kappa shape index (κ2) is 10.9. The number of benzene rings is 1. The minimum absolute atomic E-state index is 0.0297. The predicted octanol–water partition coefficient (Wildman–Crippen LogP) is 4.26. The standard InChI is InChI=1S/C16H26O10P2/c1-19-23-27(17,24-20-2)11-13-9-10-14(16-8-6-5-7-15(13)16)12-28(18,25-21-3)26-22-4/h9-10H,5-8,11-12H2,1-4H3. The van der Waals surface area contributed by atoms with Crippen LogP contribution in [0.2, 0.25) is 0 Å². The molecular formula is C16H26O10P2. The Bertz CT molecular complexity index is 657. The molecule has 0 bridgehead atoms. The Morgan fingerprint density at radius 2 is 1.00 bits per heavy atom. The highest BCUT2D eigenvalue weighted by Crippen LogP contribution is 2.54. The van der Waals surface area contributed by atoms with Crippen molar-refractivity contribution in [3.05, 3.63) is 34.4 Å². The van der Waals surface area contributed by atoms with E-state index in [1.807, 2.05) is 0 Å². The molecule has 10 nitrogen and oxygen atoms in total. The number of hydrogen-bond acceptors (Lipinski definition) is 10. The van der Waals surface area contributed by atoms with Gasteiger partial charge < -0.3 is 0 Å². The first-order valence-corrected chi connectivity index (χ1v) is 12.1. The minimum Gasteiger partial charge on any atom is -0.255 e. The van der Waals surface area contributed by atoms with E-state index in [2.05, 4.69) is 19.6 Å². The van der Waals surface area contributed by atoms with Crippen LogP contribution in [-0.2, 0) is 72.5 Å². The number of hydrogen-bond donors (Lipinski definition) is 0. The molecule has 0 unspecified atom stereocenters. The lowest BCUT2D eigenvalue weighted by Gasteiger charge is -2.25. The maximum atomic E-state index is 12.7. The number of rotatable bonds is 12. The molecule has 1 aromatic rings. The molecular weight excluding hydrogens is 414 g/mol. The van der Waals surface area contributed by atoms with Gasteiger partial charge in [0.1, 0.15) is 0 Å². The number of fused-ring (bicyclic) bond motifs is 1. The Hall–Kier alpha value is -0.640. The van der Waals surface area contributed by atoms with Crippen LogP contribution < -0.4 is 0 Å². The van der Waals surface area contributed by atoms with Crippen molar-refractivity contribution >= 4 is 15.2 Å². The van der Waals surface area contributed by atoms with E-state index in [1.165, 1.54) is 28.4 Å². The molecule has 0 aliphatic heterocycles. The fourth-order valence-corrected chi connectivity index (χ4v) is 5.91. The van der Waals surface area contributed by atoms with Gasteiger partial charge in [0.2, 0.25) is 0 Å². The fourth-order valence-electron chi connectivity index (χ4n) is 3.31. The van der Waals surface area contributed by atoms with Gasteiger partial charge in [-0.15, -0.1) is 18.7 Å². The Kier molecular flexibility index (Phi) is 9.24. The highest BCUT2D eigenvalue weighted by Gasteiger charge is 2.33. The molecule has 0 radical (unpaired) electrons. The topological polar surface area (TPSA) is 108 Å². The molecule has 0 saturated carbocycles. The van der Waals surface area contributed by atoms with Crippen LogP contribution in [0.5, 0.6) is 0 Å². The van der Waals surface area contributed by atoms with Gasteiger partial charge >= 0.3 is 15.2 Å². The zero-order valence-corrected chi connectivity index (χ0v) is 18.2. The molecule has 2 rings (SSSR count). The summed E-state index contributed by atoms with van der Waals surface area (Å²) in [6, 6.07) is 3.57. The maximum absolute atomic E-state index is 12.7. The summed E-state index contributed by atoms with van der Waals surface area (Å²) in [4.78, 5) is 18.2. The largest absolute Gasteiger partial charge is 0.388 e. The Morgan fingerprint density at radius 1 is 0.679 bits per heavy atom. The van der Waals surface area contributed by atoms with Gasteiger partial charge in [0, 0.05) is 0 Å². The lowest BCUT2D eigenvalue weighted by Crippen LogP contribution is -2.12. The lowest BCUT2D eigenvalue weighted by atomic mass is 9.86. The van der Waals surface area contributed by atoms with Gasteiger partial charge in [-0.3, -0.25) is 9.13 Å². The van der Waals surface area contributed by atoms with E-state index >= 15 is 0 Å². The predicted molar refractivity (Wildman–Crippen MR) is 98.1 cm³/mol. The fraction of sp³-hybridized carbons (Fsp3) is 0.625. The molecule has 0 fully saturated rings. The van der Waals surface area contributed by atoms with Gasteiger partial charge in [0.25, 0.3) is 0 Å². The second-order valence-electron chi connectivity index (χ2n) is 6.05. The van der Waals surface area contributed by atoms with Gasteiger partial charge in [-0.1, -0.05) is 12.1 Å². The van der Waals surface area contributed by atoms with E-state index in [0.717, 1.165) is 47.9 Å². The van der Waals surface area contributed by atoms with E-state index in [0.29, 0.717) is 0 Å². The van der Waals surface area contributed by atoms with Crippen LogP contribution in [0.4, 0.5) is 0 Å². The Morgan fingerprint density at radius 3 is 1.29 bits per heavy atom. The van der Waals surface area contributed by atoms with Crippen molar-refractivity contribution in [3.63, 3.8) is 0 Å². The van der Waals surface area contributed by atoms with E-state index in [-0.39, 0.29) is 12.3 Å². The minimum atomic E-state index is -3.65. The molecule has 0 spiro atoms. The van der Waals surface area contributed by atoms with Gasteiger partial charge in [-0.05, 0) is 47.9 Å². The third-order valence-electron chi connectivity index (χ3n) is 4.21. The van der Waals surface area contributed by atoms with Crippen LogP contribution in [0.3, 0.4) is 0 Å². The first kappa shape index (κ1) is 23.6. The van der Waals surface area contributed by atoms with Crippen molar-refractivity contribution in [1.82, 2.24) is 0 Å². The molecule has 12 heteroatoms. The Labute approximate surface area is 164 Å². The maximum Gasteiger partial charge on any atom is 0.388 e. The summed E-state index contributed by atoms with van der Waals surface area (Å²) in [5.41, 5.74) is 3.58. The third-order valence-corrected chi connectivity index (χ3v) is 7.17. The second-order valence-corrected chi connectivity index (χ2v) is 9.72. The third kappa shape index (κ3) is 6.18. The first-order chi connectivity index (χ1) is 13.4. The normalized spacial score (nSPS) is 14.9. The highest BCUT2D eigenvalue weighted by molar-refractivity contribution is 7.53. The average molecular weight is 440 g/mol. The summed E-state index contributed by atoms with van der Waals surface area (Å²) < 4.78 is 44.8. The van der Waals surface area contributed by atoms with Crippen LogP contribution in [0, 0.1) is 0 Å². The summed E-state index contributed by atoms with van der Waals surface area (Å²) in [6.07, 6.45) is 3.45. The van der Waals surface area contributed by atoms with Crippen molar-refractivity contribution in [1.29, 1.82) is 0 Å². The molecule has 28 heavy (non-hydrogen) atoms. The van der Waals surface area contributed by atoms with Crippen LogP contribution in [0.25, 0.3) is 0 Å². The molecule has 1 aromatic carbocycles. The van der Waals surface area contributed by atoms with Crippen LogP contribution in [-0.4, -0.2) is 28.4 Å². The Balaban J connectivity index is 2.37. The van der Waals surface area contributed by atoms with Gasteiger partial charge in [0.15, 0.2) is 0 Å². The van der Waals surface area contributed by atoms with E-state index < -0.39 is 15.2 Å². The van der Waals surface area contributed by atoms with Gasteiger partial charge in [0.05, 0.1) is 40.8 Å². The van der Waals surface area contributed by atoms with Crippen molar-refractivity contribution in [2.24, 2.45) is 0 Å². The zero-order chi connectivity index (χ0) is 20.6. The van der Waals surface area contributed by atoms with Crippen LogP contribution in [0.1, 0.15) is 35.1 Å². The van der Waals surface area contributed by atoms with Gasteiger partial charge in [-0.25, -0.2) is 19.6 Å². The molecule has 0 N–H and O–H groups in total. The van der Waals surface area contributed by atoms with Crippen molar-refractivity contribution < 1.29 is 47.4 Å². The molecule has 0 heterocycles. The van der Waals surface area contributed by atoms with E-state index in [4.69, 9.17) is 18.7 Å². The highest BCUT2D eigenvalue weighted by atomic mass is 31.2. The average Bonchev–Trinajstić information content (AvgIpc) is 2.64. The van der Waals surface area contributed by atoms with Crippen LogP contribution in [0.15, 0.2) is 12.1 Å². The monoisotopic (exact) mass is 440 g/mol. The summed E-state index contributed by atoms with van der Waals surface area (Å²) >= 11 is 0. The summed E-state index contributed by atoms with van der Waals surface area (Å²) in [7, 11) is -2.33. The molecule has 1 aliphatic carbocycles. The smallest absolute Gasteiger partial charge is 0.255 e. The summed E-state index contributed by atoms with van der Waals surface area (Å²) in [5.74, 6) is 0. The lowest BCUT2D eigenvalue weighted by molar-refractivity contribution is -0.242. The van der Waals surface area contributed by atoms with E-state index in [9.17, 15) is 9.13 Å². The van der Waals surface area contributed by atoms with E-state index in [1.54, 1.807) is 12.1 Å².